The monoisotopic (exact) mass is 477 g/mol. The van der Waals surface area contributed by atoms with Crippen LogP contribution in [0.25, 0.3) is 11.1 Å². The number of carbonyl (C=O) groups excluding carboxylic acids is 3. The van der Waals surface area contributed by atoms with Crippen LogP contribution in [0.1, 0.15) is 16.1 Å². The maximum absolute atomic E-state index is 12.7. The smallest absolute Gasteiger partial charge is 0.252 e. The fourth-order valence-corrected chi connectivity index (χ4v) is 3.28. The maximum atomic E-state index is 12.7. The molecule has 0 spiro atoms. The van der Waals surface area contributed by atoms with Crippen molar-refractivity contribution in [1.82, 2.24) is 15.6 Å². The molecule has 1 aromatic heterocycles. The third kappa shape index (κ3) is 7.46. The molecule has 3 rings (SSSR count). The van der Waals surface area contributed by atoms with E-state index in [0.29, 0.717) is 12.2 Å². The number of pyridine rings is 1. The third-order valence-corrected chi connectivity index (χ3v) is 5.12. The molecule has 2 aromatic carbocycles. The summed E-state index contributed by atoms with van der Waals surface area (Å²) in [6.45, 7) is -0.511. The number of nitrogens with zero attached hydrogens (tertiary/aromatic N) is 1. The number of nitrogens with one attached hydrogen (secondary N) is 2. The quantitative estimate of drug-likeness (QED) is 0.287. The molecule has 4 N–H and O–H groups in total. The molecular formula is C26H27N3O6. The highest BCUT2D eigenvalue weighted by atomic mass is 16.5. The molecule has 3 aromatic rings. The summed E-state index contributed by atoms with van der Waals surface area (Å²) in [6.07, 6.45) is 2.10. The van der Waals surface area contributed by atoms with Crippen LogP contribution in [0.4, 0.5) is 0 Å². The van der Waals surface area contributed by atoms with Crippen LogP contribution in [0, 0.1) is 0 Å². The van der Waals surface area contributed by atoms with E-state index in [-0.39, 0.29) is 25.3 Å². The van der Waals surface area contributed by atoms with Gasteiger partial charge in [-0.15, -0.1) is 0 Å². The zero-order valence-corrected chi connectivity index (χ0v) is 19.0. The van der Waals surface area contributed by atoms with Crippen LogP contribution in [0.15, 0.2) is 72.9 Å². The van der Waals surface area contributed by atoms with Gasteiger partial charge in [0.05, 0.1) is 6.61 Å². The van der Waals surface area contributed by atoms with E-state index in [2.05, 4.69) is 15.6 Å². The van der Waals surface area contributed by atoms with Crippen molar-refractivity contribution in [3.05, 3.63) is 84.2 Å². The van der Waals surface area contributed by atoms with E-state index in [1.165, 1.54) is 0 Å². The minimum Gasteiger partial charge on any atom is -0.491 e. The number of amides is 2. The molecule has 0 saturated carbocycles. The standard InChI is InChI=1S/C26H27N3O6/c30-15-16-35-22-10-8-19(9-11-22)18-4-6-20(7-5-18)25(33)29-24(23(32)17-31)26(34)28-14-12-21-3-1-2-13-27-21/h1-11,13,24,30-31H,12,14-17H2,(H,28,34)(H,29,33). The number of carbonyl (C=O) groups is 3. The second-order valence-electron chi connectivity index (χ2n) is 7.57. The molecule has 1 heterocycles. The molecule has 0 saturated heterocycles. The van der Waals surface area contributed by atoms with Gasteiger partial charge in [-0.05, 0) is 47.5 Å². The molecule has 2 amide bonds. The highest BCUT2D eigenvalue weighted by Crippen LogP contribution is 2.23. The van der Waals surface area contributed by atoms with Gasteiger partial charge in [0.15, 0.2) is 11.8 Å². The Morgan fingerprint density at radius 1 is 0.914 bits per heavy atom. The van der Waals surface area contributed by atoms with Crippen LogP contribution in [0.2, 0.25) is 0 Å². The zero-order chi connectivity index (χ0) is 25.0. The fourth-order valence-electron chi connectivity index (χ4n) is 3.28. The van der Waals surface area contributed by atoms with E-state index in [1.54, 1.807) is 48.7 Å². The van der Waals surface area contributed by atoms with Gasteiger partial charge < -0.3 is 25.6 Å². The lowest BCUT2D eigenvalue weighted by Crippen LogP contribution is -2.52. The largest absolute Gasteiger partial charge is 0.491 e. The molecule has 9 nitrogen and oxygen atoms in total. The lowest BCUT2D eigenvalue weighted by molar-refractivity contribution is -0.132. The summed E-state index contributed by atoms with van der Waals surface area (Å²) in [6, 6.07) is 17.8. The molecule has 1 atom stereocenters. The number of aliphatic hydroxyl groups is 2. The summed E-state index contributed by atoms with van der Waals surface area (Å²) in [5, 5.41) is 23.1. The van der Waals surface area contributed by atoms with Crippen molar-refractivity contribution in [2.45, 2.75) is 12.5 Å². The first-order valence-electron chi connectivity index (χ1n) is 11.1. The van der Waals surface area contributed by atoms with Crippen molar-refractivity contribution < 1.29 is 29.3 Å². The molecule has 0 radical (unpaired) electrons. The molecule has 0 aliphatic carbocycles. The number of rotatable bonds is 12. The van der Waals surface area contributed by atoms with Crippen molar-refractivity contribution in [1.29, 1.82) is 0 Å². The van der Waals surface area contributed by atoms with Crippen LogP contribution < -0.4 is 15.4 Å². The predicted molar refractivity (Wildman–Crippen MR) is 129 cm³/mol. The highest BCUT2D eigenvalue weighted by Gasteiger charge is 2.27. The topological polar surface area (TPSA) is 138 Å². The van der Waals surface area contributed by atoms with E-state index < -0.39 is 30.2 Å². The lowest BCUT2D eigenvalue weighted by atomic mass is 10.0. The number of ketones is 1. The maximum Gasteiger partial charge on any atom is 0.252 e. The van der Waals surface area contributed by atoms with Gasteiger partial charge in [-0.2, -0.15) is 0 Å². The molecule has 0 aliphatic rings. The second-order valence-corrected chi connectivity index (χ2v) is 7.57. The van der Waals surface area contributed by atoms with Crippen molar-refractivity contribution in [3.8, 4) is 16.9 Å². The summed E-state index contributed by atoms with van der Waals surface area (Å²) in [7, 11) is 0. The van der Waals surface area contributed by atoms with Gasteiger partial charge in [0, 0.05) is 30.4 Å². The van der Waals surface area contributed by atoms with Gasteiger partial charge in [-0.1, -0.05) is 30.3 Å². The molecule has 9 heteroatoms. The summed E-state index contributed by atoms with van der Waals surface area (Å²) >= 11 is 0. The number of hydrogen-bond acceptors (Lipinski definition) is 7. The summed E-state index contributed by atoms with van der Waals surface area (Å²) in [5.41, 5.74) is 2.78. The van der Waals surface area contributed by atoms with Crippen LogP contribution >= 0.6 is 0 Å². The first kappa shape index (κ1) is 25.5. The number of ether oxygens (including phenoxy) is 1. The molecular weight excluding hydrogens is 450 g/mol. The van der Waals surface area contributed by atoms with E-state index in [4.69, 9.17) is 9.84 Å². The Morgan fingerprint density at radius 3 is 2.20 bits per heavy atom. The predicted octanol–water partition coefficient (Wildman–Crippen LogP) is 1.14. The van der Waals surface area contributed by atoms with Crippen molar-refractivity contribution in [2.24, 2.45) is 0 Å². The number of aliphatic hydroxyl groups excluding tert-OH is 2. The minimum absolute atomic E-state index is 0.0666. The second kappa shape index (κ2) is 13.0. The van der Waals surface area contributed by atoms with Crippen LogP contribution in [0.5, 0.6) is 5.75 Å². The number of benzene rings is 2. The van der Waals surface area contributed by atoms with E-state index in [0.717, 1.165) is 16.8 Å². The Labute approximate surface area is 202 Å². The Bertz CT molecular complexity index is 1120. The minimum atomic E-state index is -1.51. The number of hydrogen-bond donors (Lipinski definition) is 4. The van der Waals surface area contributed by atoms with Crippen LogP contribution in [-0.2, 0) is 16.0 Å². The Kier molecular flexibility index (Phi) is 9.47. The van der Waals surface area contributed by atoms with Gasteiger partial charge in [0.25, 0.3) is 5.91 Å². The molecule has 0 bridgehead atoms. The zero-order valence-electron chi connectivity index (χ0n) is 19.0. The van der Waals surface area contributed by atoms with Gasteiger partial charge in [-0.25, -0.2) is 0 Å². The number of aromatic nitrogens is 1. The third-order valence-electron chi connectivity index (χ3n) is 5.12. The van der Waals surface area contributed by atoms with Gasteiger partial charge >= 0.3 is 0 Å². The van der Waals surface area contributed by atoms with Crippen molar-refractivity contribution in [3.63, 3.8) is 0 Å². The molecule has 35 heavy (non-hydrogen) atoms. The van der Waals surface area contributed by atoms with Crippen molar-refractivity contribution >= 4 is 17.6 Å². The highest BCUT2D eigenvalue weighted by molar-refractivity contribution is 6.10. The molecule has 1 unspecified atom stereocenters. The van der Waals surface area contributed by atoms with Gasteiger partial charge in [-0.3, -0.25) is 19.4 Å². The normalized spacial score (nSPS) is 11.4. The Hall–Kier alpha value is -4.08. The van der Waals surface area contributed by atoms with Gasteiger partial charge in [0.1, 0.15) is 19.0 Å². The van der Waals surface area contributed by atoms with Crippen molar-refractivity contribution in [2.75, 3.05) is 26.4 Å². The molecule has 0 fully saturated rings. The fraction of sp³-hybridized carbons (Fsp3) is 0.231. The molecule has 182 valence electrons. The van der Waals surface area contributed by atoms with E-state index in [1.807, 2.05) is 24.3 Å². The Morgan fingerprint density at radius 2 is 1.60 bits per heavy atom. The SMILES string of the molecule is O=C(NC(C(=O)CO)C(=O)NCCc1ccccn1)c1ccc(-c2ccc(OCCO)cc2)cc1. The van der Waals surface area contributed by atoms with E-state index >= 15 is 0 Å². The van der Waals surface area contributed by atoms with Crippen LogP contribution in [0.3, 0.4) is 0 Å². The van der Waals surface area contributed by atoms with Crippen LogP contribution in [-0.4, -0.2) is 65.2 Å². The van der Waals surface area contributed by atoms with Gasteiger partial charge in [0.2, 0.25) is 5.91 Å². The summed E-state index contributed by atoms with van der Waals surface area (Å²) in [5.74, 6) is -1.49. The summed E-state index contributed by atoms with van der Waals surface area (Å²) < 4.78 is 5.34. The Balaban J connectivity index is 1.60. The first-order valence-corrected chi connectivity index (χ1v) is 11.1. The average Bonchev–Trinajstić information content (AvgIpc) is 2.91. The first-order chi connectivity index (χ1) is 17.0. The average molecular weight is 478 g/mol. The van der Waals surface area contributed by atoms with E-state index in [9.17, 15) is 19.5 Å². The molecule has 0 aliphatic heterocycles. The number of Topliss-reactive ketones (excluding diaryl/α,β-unsaturated/α-hetero) is 1. The lowest BCUT2D eigenvalue weighted by Gasteiger charge is -2.17. The summed E-state index contributed by atoms with van der Waals surface area (Å²) in [4.78, 5) is 41.5.